The van der Waals surface area contributed by atoms with Gasteiger partial charge in [-0.25, -0.2) is 0 Å². The van der Waals surface area contributed by atoms with Crippen molar-refractivity contribution in [1.29, 1.82) is 0 Å². The highest BCUT2D eigenvalue weighted by atomic mass is 33.1. The van der Waals surface area contributed by atoms with Crippen LogP contribution in [-0.4, -0.2) is 23.9 Å². The largest absolute Gasteiger partial charge is 0.317 e. The molecule has 0 heterocycles. The lowest BCUT2D eigenvalue weighted by Crippen LogP contribution is -2.23. The molecule has 2 atom stereocenters. The molecule has 0 aliphatic heterocycles. The molecule has 17 heavy (non-hydrogen) atoms. The van der Waals surface area contributed by atoms with Crippen LogP contribution < -0.4 is 5.32 Å². The van der Waals surface area contributed by atoms with Crippen LogP contribution in [0.2, 0.25) is 0 Å². The lowest BCUT2D eigenvalue weighted by Gasteiger charge is -2.12. The van der Waals surface area contributed by atoms with Crippen LogP contribution in [0.3, 0.4) is 0 Å². The first kappa shape index (κ1) is 15.3. The topological polar surface area (TPSA) is 12.0 Å². The number of hydrogen-bond acceptors (Lipinski definition) is 4. The molecule has 4 heteroatoms. The van der Waals surface area contributed by atoms with E-state index >= 15 is 0 Å². The number of benzene rings is 1. The van der Waals surface area contributed by atoms with Gasteiger partial charge in [-0.3, -0.25) is 0 Å². The van der Waals surface area contributed by atoms with Crippen molar-refractivity contribution in [3.63, 3.8) is 0 Å². The summed E-state index contributed by atoms with van der Waals surface area (Å²) in [6, 6.07) is 9.43. The standard InChI is InChI=1S/C13H21NS3/c1-10(14-3)8-12-6-5-7-13(9-12)16-11(2)17-15-4/h5-7,9-11,14H,8H2,1-4H3. The summed E-state index contributed by atoms with van der Waals surface area (Å²) in [6.45, 7) is 4.47. The van der Waals surface area contributed by atoms with Crippen molar-refractivity contribution in [1.82, 2.24) is 5.32 Å². The molecule has 0 aliphatic rings. The zero-order valence-corrected chi connectivity index (χ0v) is 13.3. The van der Waals surface area contributed by atoms with Crippen LogP contribution in [0.1, 0.15) is 19.4 Å². The van der Waals surface area contributed by atoms with E-state index in [0.717, 1.165) is 6.42 Å². The summed E-state index contributed by atoms with van der Waals surface area (Å²) < 4.78 is 0.599. The van der Waals surface area contributed by atoms with Crippen LogP contribution in [0.25, 0.3) is 0 Å². The molecule has 1 aromatic carbocycles. The highest BCUT2D eigenvalue weighted by Gasteiger charge is 2.06. The minimum absolute atomic E-state index is 0.535. The van der Waals surface area contributed by atoms with E-state index in [1.165, 1.54) is 10.5 Å². The molecule has 0 bridgehead atoms. The van der Waals surface area contributed by atoms with Crippen molar-refractivity contribution >= 4 is 33.3 Å². The van der Waals surface area contributed by atoms with Crippen LogP contribution in [0.5, 0.6) is 0 Å². The first-order chi connectivity index (χ1) is 8.15. The van der Waals surface area contributed by atoms with Gasteiger partial charge in [0.15, 0.2) is 0 Å². The molecule has 0 aromatic heterocycles. The van der Waals surface area contributed by atoms with Crippen molar-refractivity contribution in [3.8, 4) is 0 Å². The third kappa shape index (κ3) is 6.09. The van der Waals surface area contributed by atoms with E-state index in [1.807, 2.05) is 40.4 Å². The molecule has 1 rings (SSSR count). The van der Waals surface area contributed by atoms with Gasteiger partial charge in [-0.05, 0) is 51.3 Å². The van der Waals surface area contributed by atoms with E-state index in [0.29, 0.717) is 10.6 Å². The maximum absolute atomic E-state index is 3.28. The fourth-order valence-electron chi connectivity index (χ4n) is 1.55. The van der Waals surface area contributed by atoms with Gasteiger partial charge in [-0.1, -0.05) is 33.7 Å². The lowest BCUT2D eigenvalue weighted by atomic mass is 10.1. The summed E-state index contributed by atoms with van der Waals surface area (Å²) in [5, 5.41) is 3.28. The summed E-state index contributed by atoms with van der Waals surface area (Å²) in [4.78, 5) is 1.37. The van der Waals surface area contributed by atoms with Gasteiger partial charge in [0.05, 0.1) is 4.58 Å². The minimum atomic E-state index is 0.535. The van der Waals surface area contributed by atoms with E-state index in [4.69, 9.17) is 0 Å². The molecule has 1 aromatic rings. The molecular formula is C13H21NS3. The molecule has 96 valence electrons. The molecule has 0 radical (unpaired) electrons. The molecule has 0 aliphatic carbocycles. The Morgan fingerprint density at radius 3 is 2.71 bits per heavy atom. The first-order valence-corrected chi connectivity index (χ1v) is 9.28. The zero-order valence-electron chi connectivity index (χ0n) is 10.9. The number of rotatable bonds is 7. The number of thioether (sulfide) groups is 1. The maximum Gasteiger partial charge on any atom is 0.0625 e. The molecule has 0 saturated heterocycles. The lowest BCUT2D eigenvalue weighted by molar-refractivity contribution is 0.608. The van der Waals surface area contributed by atoms with Gasteiger partial charge in [0.25, 0.3) is 0 Å². The van der Waals surface area contributed by atoms with Crippen LogP contribution in [0.4, 0.5) is 0 Å². The Morgan fingerprint density at radius 2 is 2.06 bits per heavy atom. The molecule has 0 saturated carbocycles. The summed E-state index contributed by atoms with van der Waals surface area (Å²) in [5.74, 6) is 0. The summed E-state index contributed by atoms with van der Waals surface area (Å²) in [5.41, 5.74) is 1.42. The second kappa shape index (κ2) is 8.35. The van der Waals surface area contributed by atoms with E-state index in [2.05, 4.69) is 49.7 Å². The van der Waals surface area contributed by atoms with Gasteiger partial charge in [0.1, 0.15) is 0 Å². The smallest absolute Gasteiger partial charge is 0.0625 e. The molecule has 2 unspecified atom stereocenters. The van der Waals surface area contributed by atoms with Gasteiger partial charge in [-0.2, -0.15) is 0 Å². The van der Waals surface area contributed by atoms with Crippen molar-refractivity contribution in [2.24, 2.45) is 0 Å². The number of likely N-dealkylation sites (N-methyl/N-ethyl adjacent to an activating group) is 1. The fraction of sp³-hybridized carbons (Fsp3) is 0.538. The Labute approximate surface area is 117 Å². The van der Waals surface area contributed by atoms with Crippen LogP contribution in [-0.2, 0) is 6.42 Å². The third-order valence-corrected chi connectivity index (χ3v) is 6.17. The van der Waals surface area contributed by atoms with E-state index < -0.39 is 0 Å². The molecule has 1 nitrogen and oxygen atoms in total. The molecule has 0 fully saturated rings. The Balaban J connectivity index is 2.59. The third-order valence-electron chi connectivity index (χ3n) is 2.47. The first-order valence-electron chi connectivity index (χ1n) is 5.78. The minimum Gasteiger partial charge on any atom is -0.317 e. The molecule has 1 N–H and O–H groups in total. The predicted molar refractivity (Wildman–Crippen MR) is 85.1 cm³/mol. The summed E-state index contributed by atoms with van der Waals surface area (Å²) in [7, 11) is 5.77. The Kier molecular flexibility index (Phi) is 7.51. The van der Waals surface area contributed by atoms with Crippen molar-refractivity contribution in [2.45, 2.75) is 35.8 Å². The fourth-order valence-corrected chi connectivity index (χ4v) is 4.94. The second-order valence-corrected chi connectivity index (χ2v) is 8.51. The van der Waals surface area contributed by atoms with Crippen LogP contribution in [0, 0.1) is 0 Å². The monoisotopic (exact) mass is 287 g/mol. The summed E-state index contributed by atoms with van der Waals surface area (Å²) in [6.07, 6.45) is 3.22. The van der Waals surface area contributed by atoms with Gasteiger partial charge in [-0.15, -0.1) is 11.8 Å². The predicted octanol–water partition coefficient (Wildman–Crippen LogP) is 4.29. The Bertz CT molecular complexity index is 330. The van der Waals surface area contributed by atoms with Crippen molar-refractivity contribution in [2.75, 3.05) is 13.3 Å². The van der Waals surface area contributed by atoms with Gasteiger partial charge in [0, 0.05) is 10.9 Å². The van der Waals surface area contributed by atoms with Crippen LogP contribution in [0.15, 0.2) is 29.2 Å². The normalized spacial score (nSPS) is 14.6. The Hall–Kier alpha value is 0.230. The van der Waals surface area contributed by atoms with E-state index in [9.17, 15) is 0 Å². The molecule has 0 spiro atoms. The highest BCUT2D eigenvalue weighted by Crippen LogP contribution is 2.36. The van der Waals surface area contributed by atoms with Crippen molar-refractivity contribution < 1.29 is 0 Å². The molecular weight excluding hydrogens is 266 g/mol. The second-order valence-electron chi connectivity index (χ2n) is 3.99. The number of hydrogen-bond donors (Lipinski definition) is 1. The highest BCUT2D eigenvalue weighted by molar-refractivity contribution is 8.78. The zero-order chi connectivity index (χ0) is 12.7. The summed E-state index contributed by atoms with van der Waals surface area (Å²) >= 11 is 1.94. The van der Waals surface area contributed by atoms with E-state index in [1.54, 1.807) is 0 Å². The van der Waals surface area contributed by atoms with Crippen LogP contribution >= 0.6 is 33.3 Å². The van der Waals surface area contributed by atoms with Gasteiger partial charge >= 0.3 is 0 Å². The average molecular weight is 288 g/mol. The maximum atomic E-state index is 3.28. The Morgan fingerprint density at radius 1 is 1.29 bits per heavy atom. The van der Waals surface area contributed by atoms with Gasteiger partial charge in [0.2, 0.25) is 0 Å². The average Bonchev–Trinajstić information content (AvgIpc) is 2.29. The van der Waals surface area contributed by atoms with Crippen molar-refractivity contribution in [3.05, 3.63) is 29.8 Å². The van der Waals surface area contributed by atoms with E-state index in [-0.39, 0.29) is 0 Å². The quantitative estimate of drug-likeness (QED) is 0.456. The molecule has 0 amide bonds. The van der Waals surface area contributed by atoms with Gasteiger partial charge < -0.3 is 5.32 Å². The number of nitrogens with one attached hydrogen (secondary N) is 1. The SMILES string of the molecule is CNC(C)Cc1cccc(SC(C)SSC)c1.